The fraction of sp³-hybridized carbons (Fsp3) is 0.500. The highest BCUT2D eigenvalue weighted by Crippen LogP contribution is 2.32. The van der Waals surface area contributed by atoms with Crippen LogP contribution in [-0.2, 0) is 22.7 Å². The fourth-order valence-corrected chi connectivity index (χ4v) is 4.05. The van der Waals surface area contributed by atoms with Crippen molar-refractivity contribution in [3.05, 3.63) is 41.1 Å². The van der Waals surface area contributed by atoms with E-state index in [1.54, 1.807) is 0 Å². The number of hydrogen-bond donors (Lipinski definition) is 3. The first-order valence-electron chi connectivity index (χ1n) is 9.47. The number of anilines is 1. The summed E-state index contributed by atoms with van der Waals surface area (Å²) in [5.41, 5.74) is 1.49. The molecule has 0 saturated carbocycles. The van der Waals surface area contributed by atoms with Gasteiger partial charge in [0.2, 0.25) is 0 Å². The minimum absolute atomic E-state index is 0.144. The monoisotopic (exact) mass is 422 g/mol. The van der Waals surface area contributed by atoms with Crippen LogP contribution in [0.15, 0.2) is 29.3 Å². The van der Waals surface area contributed by atoms with E-state index in [1.165, 1.54) is 31.6 Å². The SMILES string of the molecule is CC(C)c1cccc(C(C)C)c1NC(=O)NS(=O)(=O)c1cc(C(C)(C)O)n(C)n1. The van der Waals surface area contributed by atoms with Crippen LogP contribution in [0.5, 0.6) is 0 Å². The van der Waals surface area contributed by atoms with Gasteiger partial charge in [-0.2, -0.15) is 13.5 Å². The zero-order valence-corrected chi connectivity index (χ0v) is 18.8. The maximum absolute atomic E-state index is 12.6. The molecule has 8 nitrogen and oxygen atoms in total. The fourth-order valence-electron chi connectivity index (χ4n) is 3.15. The molecule has 0 aliphatic carbocycles. The second-order valence-electron chi connectivity index (χ2n) is 8.23. The van der Waals surface area contributed by atoms with E-state index >= 15 is 0 Å². The molecule has 2 rings (SSSR count). The van der Waals surface area contributed by atoms with Crippen LogP contribution in [0.4, 0.5) is 10.5 Å². The lowest BCUT2D eigenvalue weighted by atomic mass is 9.93. The third-order valence-electron chi connectivity index (χ3n) is 4.60. The third-order valence-corrected chi connectivity index (χ3v) is 5.80. The standard InChI is InChI=1S/C20H30N4O4S/c1-12(2)14-9-8-10-15(13(3)4)18(14)21-19(25)23-29(27,28)17-11-16(20(5,6)26)24(7)22-17/h8-13,26H,1-7H3,(H2,21,23,25). The van der Waals surface area contributed by atoms with E-state index < -0.39 is 21.7 Å². The quantitative estimate of drug-likeness (QED) is 0.660. The van der Waals surface area contributed by atoms with Crippen molar-refractivity contribution in [3.8, 4) is 0 Å². The smallest absolute Gasteiger partial charge is 0.333 e. The molecule has 1 aromatic heterocycles. The summed E-state index contributed by atoms with van der Waals surface area (Å²) in [6.07, 6.45) is 0. The molecule has 1 heterocycles. The first-order chi connectivity index (χ1) is 13.2. The van der Waals surface area contributed by atoms with Crippen LogP contribution < -0.4 is 10.0 Å². The number of aliphatic hydroxyl groups is 1. The van der Waals surface area contributed by atoms with Crippen molar-refractivity contribution in [2.75, 3.05) is 5.32 Å². The number of aryl methyl sites for hydroxylation is 1. The first kappa shape index (κ1) is 22.9. The Balaban J connectivity index is 2.32. The summed E-state index contributed by atoms with van der Waals surface area (Å²) in [5, 5.41) is 16.4. The van der Waals surface area contributed by atoms with Crippen molar-refractivity contribution in [3.63, 3.8) is 0 Å². The molecule has 0 fully saturated rings. The zero-order valence-electron chi connectivity index (χ0n) is 17.9. The van der Waals surface area contributed by atoms with Crippen molar-refractivity contribution >= 4 is 21.7 Å². The molecule has 0 radical (unpaired) electrons. The van der Waals surface area contributed by atoms with Crippen molar-refractivity contribution < 1.29 is 18.3 Å². The summed E-state index contributed by atoms with van der Waals surface area (Å²) >= 11 is 0. The molecule has 0 spiro atoms. The highest BCUT2D eigenvalue weighted by atomic mass is 32.2. The van der Waals surface area contributed by atoms with Gasteiger partial charge in [-0.1, -0.05) is 45.9 Å². The van der Waals surface area contributed by atoms with Crippen molar-refractivity contribution in [1.82, 2.24) is 14.5 Å². The molecule has 0 aliphatic heterocycles. The number of amides is 2. The van der Waals surface area contributed by atoms with E-state index in [-0.39, 0.29) is 16.9 Å². The summed E-state index contributed by atoms with van der Waals surface area (Å²) in [6.45, 7) is 11.1. The molecular formula is C20H30N4O4S. The Morgan fingerprint density at radius 2 is 1.66 bits per heavy atom. The van der Waals surface area contributed by atoms with Crippen LogP contribution in [0.1, 0.15) is 70.2 Å². The molecule has 2 aromatic rings. The van der Waals surface area contributed by atoms with E-state index in [4.69, 9.17) is 0 Å². The molecule has 0 bridgehead atoms. The van der Waals surface area contributed by atoms with Gasteiger partial charge in [-0.05, 0) is 36.8 Å². The lowest BCUT2D eigenvalue weighted by molar-refractivity contribution is 0.0695. The molecule has 0 saturated heterocycles. The van der Waals surface area contributed by atoms with Crippen LogP contribution in [0, 0.1) is 0 Å². The van der Waals surface area contributed by atoms with Gasteiger partial charge in [0.05, 0.1) is 5.69 Å². The molecule has 0 atom stereocenters. The number of aromatic nitrogens is 2. The molecule has 1 aromatic carbocycles. The van der Waals surface area contributed by atoms with E-state index in [0.717, 1.165) is 11.1 Å². The van der Waals surface area contributed by atoms with Gasteiger partial charge in [0.15, 0.2) is 5.03 Å². The van der Waals surface area contributed by atoms with E-state index in [1.807, 2.05) is 50.6 Å². The second kappa shape index (κ2) is 8.16. The topological polar surface area (TPSA) is 113 Å². The second-order valence-corrected chi connectivity index (χ2v) is 9.86. The van der Waals surface area contributed by atoms with Crippen LogP contribution in [0.3, 0.4) is 0 Å². The van der Waals surface area contributed by atoms with Gasteiger partial charge >= 0.3 is 6.03 Å². The number of para-hydroxylation sites is 1. The van der Waals surface area contributed by atoms with Crippen LogP contribution in [0.2, 0.25) is 0 Å². The normalized spacial score (nSPS) is 12.5. The first-order valence-corrected chi connectivity index (χ1v) is 11.0. The Bertz CT molecular complexity index is 976. The van der Waals surface area contributed by atoms with E-state index in [0.29, 0.717) is 11.4 Å². The molecule has 9 heteroatoms. The van der Waals surface area contributed by atoms with Crippen molar-refractivity contribution in [1.29, 1.82) is 0 Å². The van der Waals surface area contributed by atoms with Gasteiger partial charge in [-0.15, -0.1) is 0 Å². The van der Waals surface area contributed by atoms with E-state index in [9.17, 15) is 18.3 Å². The number of nitrogens with zero attached hydrogens (tertiary/aromatic N) is 2. The molecule has 3 N–H and O–H groups in total. The van der Waals surface area contributed by atoms with Gasteiger partial charge in [-0.25, -0.2) is 9.52 Å². The zero-order chi connectivity index (χ0) is 22.1. The summed E-state index contributed by atoms with van der Waals surface area (Å²) in [4.78, 5) is 12.6. The average Bonchev–Trinajstić information content (AvgIpc) is 2.97. The molecule has 2 amide bonds. The third kappa shape index (κ3) is 5.16. The Morgan fingerprint density at radius 3 is 2.07 bits per heavy atom. The highest BCUT2D eigenvalue weighted by molar-refractivity contribution is 7.90. The van der Waals surface area contributed by atoms with Crippen molar-refractivity contribution in [2.24, 2.45) is 7.05 Å². The van der Waals surface area contributed by atoms with Crippen LogP contribution >= 0.6 is 0 Å². The number of benzene rings is 1. The Morgan fingerprint density at radius 1 is 1.14 bits per heavy atom. The summed E-state index contributed by atoms with van der Waals surface area (Å²) in [6, 6.07) is 6.13. The van der Waals surface area contributed by atoms with Gasteiger partial charge in [0.1, 0.15) is 5.60 Å². The number of carbonyl (C=O) groups is 1. The van der Waals surface area contributed by atoms with Gasteiger partial charge in [-0.3, -0.25) is 4.68 Å². The summed E-state index contributed by atoms with van der Waals surface area (Å²) in [5.74, 6) is 0.288. The predicted octanol–water partition coefficient (Wildman–Crippen LogP) is 3.40. The minimum Gasteiger partial charge on any atom is -0.384 e. The van der Waals surface area contributed by atoms with Gasteiger partial charge in [0, 0.05) is 18.8 Å². The largest absolute Gasteiger partial charge is 0.384 e. The molecule has 160 valence electrons. The number of sulfonamides is 1. The van der Waals surface area contributed by atoms with Gasteiger partial charge < -0.3 is 10.4 Å². The molecule has 0 aliphatic rings. The number of carbonyl (C=O) groups excluding carboxylic acids is 1. The van der Waals surface area contributed by atoms with E-state index in [2.05, 4.69) is 10.4 Å². The lowest BCUT2D eigenvalue weighted by Crippen LogP contribution is -2.35. The van der Waals surface area contributed by atoms with Gasteiger partial charge in [0.25, 0.3) is 10.0 Å². The Kier molecular flexibility index (Phi) is 6.44. The molecular weight excluding hydrogens is 392 g/mol. The van der Waals surface area contributed by atoms with Crippen LogP contribution in [0.25, 0.3) is 0 Å². The number of nitrogens with one attached hydrogen (secondary N) is 2. The predicted molar refractivity (Wildman–Crippen MR) is 112 cm³/mol. The molecule has 0 unspecified atom stereocenters. The minimum atomic E-state index is -4.21. The summed E-state index contributed by atoms with van der Waals surface area (Å²) in [7, 11) is -2.68. The number of rotatable bonds is 6. The molecule has 29 heavy (non-hydrogen) atoms. The Labute approximate surface area is 172 Å². The summed E-state index contributed by atoms with van der Waals surface area (Å²) < 4.78 is 28.6. The highest BCUT2D eigenvalue weighted by Gasteiger charge is 2.28. The Hall–Kier alpha value is -2.39. The number of hydrogen-bond acceptors (Lipinski definition) is 5. The maximum Gasteiger partial charge on any atom is 0.333 e. The lowest BCUT2D eigenvalue weighted by Gasteiger charge is -2.20. The van der Waals surface area contributed by atoms with Crippen LogP contribution in [-0.4, -0.2) is 29.3 Å². The number of urea groups is 1. The average molecular weight is 423 g/mol. The van der Waals surface area contributed by atoms with Crippen molar-refractivity contribution in [2.45, 2.75) is 64.0 Å². The maximum atomic E-state index is 12.6.